The number of thioether (sulfide) groups is 1. The van der Waals surface area contributed by atoms with Crippen LogP contribution in [0.5, 0.6) is 0 Å². The van der Waals surface area contributed by atoms with Gasteiger partial charge < -0.3 is 9.64 Å². The van der Waals surface area contributed by atoms with Gasteiger partial charge in [0.1, 0.15) is 11.6 Å². The van der Waals surface area contributed by atoms with Crippen LogP contribution in [0.25, 0.3) is 0 Å². The van der Waals surface area contributed by atoms with Crippen molar-refractivity contribution in [3.8, 4) is 0 Å². The molecule has 0 saturated carbocycles. The lowest BCUT2D eigenvalue weighted by molar-refractivity contribution is -0.136. The molecule has 7 heteroatoms. The second-order valence-corrected chi connectivity index (χ2v) is 9.68. The summed E-state index contributed by atoms with van der Waals surface area (Å²) >= 11 is 3.79. The maximum absolute atomic E-state index is 12.1. The Morgan fingerprint density at radius 3 is 2.92 bits per heavy atom. The summed E-state index contributed by atoms with van der Waals surface area (Å²) in [6, 6.07) is 0. The minimum atomic E-state index is 0.174. The van der Waals surface area contributed by atoms with Gasteiger partial charge >= 0.3 is 0 Å². The number of carbonyl (C=O) groups excluding carboxylic acids is 1. The first kappa shape index (κ1) is 16.8. The smallest absolute Gasteiger partial charge is 0.248 e. The number of rotatable bonds is 5. The molecular formula is C17H25N3O2S2. The highest BCUT2D eigenvalue weighted by Gasteiger charge is 2.49. The Morgan fingerprint density at radius 1 is 1.42 bits per heavy atom. The third-order valence-corrected chi connectivity index (χ3v) is 7.65. The van der Waals surface area contributed by atoms with Gasteiger partial charge in [-0.25, -0.2) is 4.98 Å². The van der Waals surface area contributed by atoms with E-state index in [0.717, 1.165) is 63.4 Å². The zero-order valence-corrected chi connectivity index (χ0v) is 15.8. The number of hydrogen-bond donors (Lipinski definition) is 0. The van der Waals surface area contributed by atoms with Crippen molar-refractivity contribution in [1.82, 2.24) is 14.8 Å². The lowest BCUT2D eigenvalue weighted by Gasteiger charge is -2.47. The molecule has 4 rings (SSSR count). The molecule has 0 bridgehead atoms. The largest absolute Gasteiger partial charge is 0.367 e. The van der Waals surface area contributed by atoms with E-state index < -0.39 is 0 Å². The van der Waals surface area contributed by atoms with Gasteiger partial charge in [0.15, 0.2) is 0 Å². The molecule has 1 aromatic rings. The van der Waals surface area contributed by atoms with Crippen LogP contribution in [-0.4, -0.2) is 70.1 Å². The summed E-state index contributed by atoms with van der Waals surface area (Å²) in [5.41, 5.74) is 1.12. The standard InChI is InChI=1S/C17H25N3O2S2/c1-13-9-23-15(18-13)7-19-11-17(12-19)6-14(10-24-17)22-8-16(21)20-4-2-3-5-20/h9,14H,2-8,10-12H2,1H3/t14-/m1/s1. The molecule has 1 aromatic heterocycles. The average molecular weight is 368 g/mol. The fourth-order valence-electron chi connectivity index (χ4n) is 3.92. The Hall–Kier alpha value is -0.630. The Morgan fingerprint density at radius 2 is 2.21 bits per heavy atom. The summed E-state index contributed by atoms with van der Waals surface area (Å²) in [5.74, 6) is 1.20. The van der Waals surface area contributed by atoms with E-state index >= 15 is 0 Å². The van der Waals surface area contributed by atoms with E-state index in [2.05, 4.69) is 22.2 Å². The van der Waals surface area contributed by atoms with E-state index in [-0.39, 0.29) is 18.6 Å². The maximum atomic E-state index is 12.1. The molecule has 0 unspecified atom stereocenters. The number of ether oxygens (including phenoxy) is 1. The molecule has 4 heterocycles. The third-order valence-electron chi connectivity index (χ3n) is 5.13. The van der Waals surface area contributed by atoms with Gasteiger partial charge in [0.05, 0.1) is 12.6 Å². The van der Waals surface area contributed by atoms with Crippen LogP contribution in [0, 0.1) is 6.92 Å². The normalized spacial score (nSPS) is 26.2. The summed E-state index contributed by atoms with van der Waals surface area (Å²) in [4.78, 5) is 21.1. The van der Waals surface area contributed by atoms with E-state index in [9.17, 15) is 4.79 Å². The minimum Gasteiger partial charge on any atom is -0.367 e. The summed E-state index contributed by atoms with van der Waals surface area (Å²) < 4.78 is 6.28. The molecule has 1 atom stereocenters. The van der Waals surface area contributed by atoms with Gasteiger partial charge in [-0.3, -0.25) is 9.69 Å². The maximum Gasteiger partial charge on any atom is 0.248 e. The quantitative estimate of drug-likeness (QED) is 0.798. The first-order valence-corrected chi connectivity index (χ1v) is 10.7. The highest BCUT2D eigenvalue weighted by atomic mass is 32.2. The van der Waals surface area contributed by atoms with Gasteiger partial charge in [-0.2, -0.15) is 0 Å². The SMILES string of the molecule is Cc1csc(CN2CC3(C[C@@H](OCC(=O)N4CCCC4)CS3)C2)n1. The molecule has 1 amide bonds. The molecule has 3 saturated heterocycles. The number of carbonyl (C=O) groups is 1. The summed E-state index contributed by atoms with van der Waals surface area (Å²) in [6.07, 6.45) is 3.61. The fourth-order valence-corrected chi connectivity index (χ4v) is 6.34. The van der Waals surface area contributed by atoms with Crippen molar-refractivity contribution in [2.75, 3.05) is 38.5 Å². The topological polar surface area (TPSA) is 45.7 Å². The first-order valence-electron chi connectivity index (χ1n) is 8.79. The third kappa shape index (κ3) is 3.64. The molecule has 132 valence electrons. The molecule has 3 aliphatic rings. The predicted molar refractivity (Wildman–Crippen MR) is 97.5 cm³/mol. The van der Waals surface area contributed by atoms with E-state index in [1.807, 2.05) is 16.7 Å². The van der Waals surface area contributed by atoms with Crippen molar-refractivity contribution in [1.29, 1.82) is 0 Å². The number of hydrogen-bond acceptors (Lipinski definition) is 6. The van der Waals surface area contributed by atoms with Crippen LogP contribution in [0.4, 0.5) is 0 Å². The second kappa shape index (κ2) is 6.94. The van der Waals surface area contributed by atoms with E-state index in [1.54, 1.807) is 11.3 Å². The summed E-state index contributed by atoms with van der Waals surface area (Å²) in [5, 5.41) is 3.34. The van der Waals surface area contributed by atoms with Crippen LogP contribution < -0.4 is 0 Å². The molecule has 0 aliphatic carbocycles. The molecule has 24 heavy (non-hydrogen) atoms. The van der Waals surface area contributed by atoms with Crippen LogP contribution >= 0.6 is 23.1 Å². The monoisotopic (exact) mass is 367 g/mol. The molecule has 1 spiro atoms. The summed E-state index contributed by atoms with van der Waals surface area (Å²) in [7, 11) is 0. The second-order valence-electron chi connectivity index (χ2n) is 7.25. The molecule has 0 aromatic carbocycles. The molecule has 0 radical (unpaired) electrons. The number of likely N-dealkylation sites (tertiary alicyclic amines) is 2. The van der Waals surface area contributed by atoms with Gasteiger partial charge in [-0.05, 0) is 26.2 Å². The Balaban J connectivity index is 1.19. The number of aryl methyl sites for hydroxylation is 1. The Labute approximate surface area is 151 Å². The van der Waals surface area contributed by atoms with E-state index in [0.29, 0.717) is 4.75 Å². The number of thiazole rings is 1. The van der Waals surface area contributed by atoms with Crippen molar-refractivity contribution in [3.05, 3.63) is 16.1 Å². The van der Waals surface area contributed by atoms with E-state index in [4.69, 9.17) is 4.74 Å². The predicted octanol–water partition coefficient (Wildman–Crippen LogP) is 2.15. The van der Waals surface area contributed by atoms with Gasteiger partial charge in [0.25, 0.3) is 0 Å². The van der Waals surface area contributed by atoms with Crippen LogP contribution in [0.3, 0.4) is 0 Å². The number of nitrogens with zero attached hydrogens (tertiary/aromatic N) is 3. The highest BCUT2D eigenvalue weighted by molar-refractivity contribution is 8.01. The molecule has 3 fully saturated rings. The highest BCUT2D eigenvalue weighted by Crippen LogP contribution is 2.46. The number of amides is 1. The molecule has 5 nitrogen and oxygen atoms in total. The van der Waals surface area contributed by atoms with Crippen molar-refractivity contribution in [2.45, 2.75) is 43.6 Å². The van der Waals surface area contributed by atoms with Gasteiger partial charge in [-0.1, -0.05) is 0 Å². The minimum absolute atomic E-state index is 0.174. The lowest BCUT2D eigenvalue weighted by atomic mass is 9.93. The Bertz CT molecular complexity index is 594. The van der Waals surface area contributed by atoms with Crippen molar-refractivity contribution < 1.29 is 9.53 Å². The Kier molecular flexibility index (Phi) is 4.86. The van der Waals surface area contributed by atoms with Crippen LogP contribution in [0.15, 0.2) is 5.38 Å². The van der Waals surface area contributed by atoms with Crippen molar-refractivity contribution in [2.24, 2.45) is 0 Å². The van der Waals surface area contributed by atoms with Gasteiger partial charge in [0, 0.05) is 47.8 Å². The van der Waals surface area contributed by atoms with E-state index in [1.165, 1.54) is 5.01 Å². The summed E-state index contributed by atoms with van der Waals surface area (Å²) in [6.45, 7) is 7.36. The van der Waals surface area contributed by atoms with Crippen LogP contribution in [0.1, 0.15) is 30.0 Å². The van der Waals surface area contributed by atoms with Gasteiger partial charge in [-0.15, -0.1) is 23.1 Å². The zero-order chi connectivity index (χ0) is 16.6. The fraction of sp³-hybridized carbons (Fsp3) is 0.765. The lowest BCUT2D eigenvalue weighted by Crippen LogP contribution is -2.58. The average Bonchev–Trinajstić information content (AvgIpc) is 3.25. The zero-order valence-electron chi connectivity index (χ0n) is 14.2. The molecule has 0 N–H and O–H groups in total. The van der Waals surface area contributed by atoms with Crippen molar-refractivity contribution >= 4 is 29.0 Å². The molecular weight excluding hydrogens is 342 g/mol. The number of aromatic nitrogens is 1. The first-order chi connectivity index (χ1) is 11.6. The molecule has 3 aliphatic heterocycles. The van der Waals surface area contributed by atoms with Crippen LogP contribution in [-0.2, 0) is 16.1 Å². The van der Waals surface area contributed by atoms with Gasteiger partial charge in [0.2, 0.25) is 5.91 Å². The van der Waals surface area contributed by atoms with Crippen LogP contribution in [0.2, 0.25) is 0 Å². The van der Waals surface area contributed by atoms with Crippen molar-refractivity contribution in [3.63, 3.8) is 0 Å².